The molecule has 0 aliphatic carbocycles. The van der Waals surface area contributed by atoms with E-state index in [1.54, 1.807) is 22.0 Å². The highest BCUT2D eigenvalue weighted by molar-refractivity contribution is 5.82. The van der Waals surface area contributed by atoms with Gasteiger partial charge in [-0.15, -0.1) is 0 Å². The molecule has 1 unspecified atom stereocenters. The van der Waals surface area contributed by atoms with Gasteiger partial charge in [0.15, 0.2) is 6.10 Å². The molecule has 1 fully saturated rings. The van der Waals surface area contributed by atoms with Crippen molar-refractivity contribution in [2.24, 2.45) is 0 Å². The van der Waals surface area contributed by atoms with E-state index >= 15 is 0 Å². The average molecular weight is 308 g/mol. The number of nitrogens with zero attached hydrogens (tertiary/aromatic N) is 4. The highest BCUT2D eigenvalue weighted by Gasteiger charge is 2.37. The summed E-state index contributed by atoms with van der Waals surface area (Å²) in [6, 6.07) is 10.1. The van der Waals surface area contributed by atoms with Gasteiger partial charge < -0.3 is 9.64 Å². The summed E-state index contributed by atoms with van der Waals surface area (Å²) in [6.07, 6.45) is 4.47. The number of nitriles is 1. The molecular weight excluding hydrogens is 292 g/mol. The molecule has 0 bridgehead atoms. The summed E-state index contributed by atoms with van der Waals surface area (Å²) in [4.78, 5) is 14.3. The first-order valence-corrected chi connectivity index (χ1v) is 7.72. The van der Waals surface area contributed by atoms with Gasteiger partial charge in [0.25, 0.3) is 5.91 Å². The minimum atomic E-state index is -0.391. The highest BCUT2D eigenvalue weighted by Crippen LogP contribution is 2.29. The summed E-state index contributed by atoms with van der Waals surface area (Å²) in [6.45, 7) is 1.24. The first-order valence-electron chi connectivity index (χ1n) is 7.72. The number of ether oxygens (including phenoxy) is 1. The second kappa shape index (κ2) is 5.43. The van der Waals surface area contributed by atoms with E-state index in [0.717, 1.165) is 18.6 Å². The summed E-state index contributed by atoms with van der Waals surface area (Å²) < 4.78 is 7.62. The largest absolute Gasteiger partial charge is 0.480 e. The van der Waals surface area contributed by atoms with Gasteiger partial charge in [-0.1, -0.05) is 18.2 Å². The van der Waals surface area contributed by atoms with Gasteiger partial charge in [0.05, 0.1) is 17.8 Å². The van der Waals surface area contributed by atoms with Crippen LogP contribution < -0.4 is 4.74 Å². The van der Waals surface area contributed by atoms with Crippen LogP contribution in [0.5, 0.6) is 5.75 Å². The van der Waals surface area contributed by atoms with Crippen LogP contribution >= 0.6 is 0 Å². The molecule has 0 N–H and O–H groups in total. The smallest absolute Gasteiger partial charge is 0.263 e. The Bertz CT molecular complexity index is 786. The van der Waals surface area contributed by atoms with Crippen molar-refractivity contribution >= 4 is 5.91 Å². The van der Waals surface area contributed by atoms with Crippen molar-refractivity contribution in [2.75, 3.05) is 13.1 Å². The van der Waals surface area contributed by atoms with Crippen molar-refractivity contribution in [1.29, 1.82) is 5.26 Å². The number of amides is 1. The normalized spacial score (nSPS) is 20.1. The van der Waals surface area contributed by atoms with E-state index in [1.807, 2.05) is 24.3 Å². The highest BCUT2D eigenvalue weighted by atomic mass is 16.5. The van der Waals surface area contributed by atoms with E-state index in [4.69, 9.17) is 10.00 Å². The molecule has 1 saturated heterocycles. The number of hydrogen-bond acceptors (Lipinski definition) is 4. The molecule has 1 aromatic carbocycles. The number of likely N-dealkylation sites (tertiary alicyclic amines) is 1. The summed E-state index contributed by atoms with van der Waals surface area (Å²) in [5, 5.41) is 13.0. The second-order valence-corrected chi connectivity index (χ2v) is 5.97. The van der Waals surface area contributed by atoms with Crippen LogP contribution in [0, 0.1) is 11.3 Å². The number of aryl methyl sites for hydroxylation is 1. The number of benzene rings is 1. The fourth-order valence-electron chi connectivity index (χ4n) is 3.10. The topological polar surface area (TPSA) is 71.2 Å². The van der Waals surface area contributed by atoms with Crippen LogP contribution in [0.25, 0.3) is 0 Å². The SMILES string of the molecule is N#Cc1cnn(C2CN(C(=O)C3CCc4ccccc4O3)C2)c1. The molecular formula is C17H16N4O2. The quantitative estimate of drug-likeness (QED) is 0.843. The van der Waals surface area contributed by atoms with E-state index in [9.17, 15) is 4.79 Å². The molecule has 2 aliphatic heterocycles. The molecule has 0 radical (unpaired) electrons. The molecule has 0 spiro atoms. The van der Waals surface area contributed by atoms with Gasteiger partial charge in [-0.2, -0.15) is 10.4 Å². The van der Waals surface area contributed by atoms with Crippen LogP contribution in [0.15, 0.2) is 36.7 Å². The molecule has 6 heteroatoms. The van der Waals surface area contributed by atoms with Crippen LogP contribution in [0.4, 0.5) is 0 Å². The van der Waals surface area contributed by atoms with E-state index in [-0.39, 0.29) is 11.9 Å². The van der Waals surface area contributed by atoms with E-state index < -0.39 is 6.10 Å². The van der Waals surface area contributed by atoms with Crippen LogP contribution in [0.1, 0.15) is 23.6 Å². The number of hydrogen-bond donors (Lipinski definition) is 0. The van der Waals surface area contributed by atoms with Gasteiger partial charge >= 0.3 is 0 Å². The number of rotatable bonds is 2. The van der Waals surface area contributed by atoms with Crippen molar-refractivity contribution in [2.45, 2.75) is 25.0 Å². The minimum absolute atomic E-state index is 0.0448. The molecule has 23 heavy (non-hydrogen) atoms. The Morgan fingerprint density at radius 1 is 1.35 bits per heavy atom. The molecule has 0 saturated carbocycles. The Labute approximate surface area is 133 Å². The molecule has 6 nitrogen and oxygen atoms in total. The van der Waals surface area contributed by atoms with Crippen LogP contribution in [-0.4, -0.2) is 39.8 Å². The number of carbonyl (C=O) groups excluding carboxylic acids is 1. The fourth-order valence-corrected chi connectivity index (χ4v) is 3.10. The number of carbonyl (C=O) groups is 1. The van der Waals surface area contributed by atoms with Crippen molar-refractivity contribution in [3.8, 4) is 11.8 Å². The van der Waals surface area contributed by atoms with Gasteiger partial charge in [0, 0.05) is 19.3 Å². The van der Waals surface area contributed by atoms with E-state index in [1.165, 1.54) is 5.56 Å². The molecule has 2 aliphatic rings. The number of para-hydroxylation sites is 1. The molecule has 3 heterocycles. The first-order chi connectivity index (χ1) is 11.2. The first kappa shape index (κ1) is 13.8. The molecule has 4 rings (SSSR count). The summed E-state index contributed by atoms with van der Waals surface area (Å²) in [5.41, 5.74) is 1.71. The average Bonchev–Trinajstić information content (AvgIpc) is 3.01. The van der Waals surface area contributed by atoms with Crippen molar-refractivity contribution in [1.82, 2.24) is 14.7 Å². The third-order valence-corrected chi connectivity index (χ3v) is 4.47. The Morgan fingerprint density at radius 3 is 2.96 bits per heavy atom. The lowest BCUT2D eigenvalue weighted by atomic mass is 10.00. The Balaban J connectivity index is 1.38. The molecule has 2 aromatic rings. The van der Waals surface area contributed by atoms with Crippen molar-refractivity contribution in [3.05, 3.63) is 47.8 Å². The van der Waals surface area contributed by atoms with E-state index in [0.29, 0.717) is 18.7 Å². The monoisotopic (exact) mass is 308 g/mol. The lowest BCUT2D eigenvalue weighted by Crippen LogP contribution is -2.55. The second-order valence-electron chi connectivity index (χ2n) is 5.97. The van der Waals surface area contributed by atoms with Crippen LogP contribution in [0.3, 0.4) is 0 Å². The summed E-state index contributed by atoms with van der Waals surface area (Å²) in [7, 11) is 0. The summed E-state index contributed by atoms with van der Waals surface area (Å²) >= 11 is 0. The molecule has 1 amide bonds. The zero-order valence-electron chi connectivity index (χ0n) is 12.6. The maximum atomic E-state index is 12.5. The predicted molar refractivity (Wildman–Crippen MR) is 81.7 cm³/mol. The lowest BCUT2D eigenvalue weighted by molar-refractivity contribution is -0.145. The number of aromatic nitrogens is 2. The van der Waals surface area contributed by atoms with Gasteiger partial charge in [-0.3, -0.25) is 9.48 Å². The van der Waals surface area contributed by atoms with Crippen LogP contribution in [-0.2, 0) is 11.2 Å². The van der Waals surface area contributed by atoms with Gasteiger partial charge in [0.1, 0.15) is 11.8 Å². The Hall–Kier alpha value is -2.81. The van der Waals surface area contributed by atoms with Crippen molar-refractivity contribution in [3.63, 3.8) is 0 Å². The van der Waals surface area contributed by atoms with Gasteiger partial charge in [-0.05, 0) is 24.5 Å². The lowest BCUT2D eigenvalue weighted by Gasteiger charge is -2.41. The Kier molecular flexibility index (Phi) is 3.27. The number of fused-ring (bicyclic) bond motifs is 1. The van der Waals surface area contributed by atoms with Crippen LogP contribution in [0.2, 0.25) is 0 Å². The minimum Gasteiger partial charge on any atom is -0.480 e. The maximum absolute atomic E-state index is 12.5. The maximum Gasteiger partial charge on any atom is 0.263 e. The molecule has 116 valence electrons. The van der Waals surface area contributed by atoms with Gasteiger partial charge in [0.2, 0.25) is 0 Å². The van der Waals surface area contributed by atoms with E-state index in [2.05, 4.69) is 11.2 Å². The third-order valence-electron chi connectivity index (χ3n) is 4.47. The third kappa shape index (κ3) is 2.44. The summed E-state index contributed by atoms with van der Waals surface area (Å²) in [5.74, 6) is 0.864. The Morgan fingerprint density at radius 2 is 2.17 bits per heavy atom. The van der Waals surface area contributed by atoms with Crippen molar-refractivity contribution < 1.29 is 9.53 Å². The predicted octanol–water partition coefficient (Wildman–Crippen LogP) is 1.53. The fraction of sp³-hybridized carbons (Fsp3) is 0.353. The van der Waals surface area contributed by atoms with Gasteiger partial charge in [-0.25, -0.2) is 0 Å². The zero-order chi connectivity index (χ0) is 15.8. The molecule has 1 aromatic heterocycles. The standard InChI is InChI=1S/C17H16N4O2/c18-7-12-8-19-21(9-12)14-10-20(11-14)17(22)16-6-5-13-3-1-2-4-15(13)23-16/h1-4,8-9,14,16H,5-6,10-11H2. The zero-order valence-corrected chi connectivity index (χ0v) is 12.6. The molecule has 1 atom stereocenters.